The van der Waals surface area contributed by atoms with Crippen LogP contribution in [0, 0.1) is 12.8 Å². The first kappa shape index (κ1) is 12.6. The molecular formula is C13H23N3O. The Morgan fingerprint density at radius 2 is 2.41 bits per heavy atom. The first-order chi connectivity index (χ1) is 8.22. The van der Waals surface area contributed by atoms with Crippen LogP contribution in [0.4, 0.5) is 0 Å². The molecule has 2 heterocycles. The highest BCUT2D eigenvalue weighted by molar-refractivity contribution is 5.04. The molecule has 1 aliphatic rings. The van der Waals surface area contributed by atoms with Crippen molar-refractivity contribution >= 4 is 0 Å². The lowest BCUT2D eigenvalue weighted by molar-refractivity contribution is 0.105. The molecule has 0 radical (unpaired) electrons. The van der Waals surface area contributed by atoms with E-state index in [1.54, 1.807) is 0 Å². The molecule has 0 amide bonds. The van der Waals surface area contributed by atoms with Crippen LogP contribution in [0.5, 0.6) is 0 Å². The molecule has 0 spiro atoms. The molecule has 1 aliphatic heterocycles. The van der Waals surface area contributed by atoms with Gasteiger partial charge in [-0.25, -0.2) is 0 Å². The minimum atomic E-state index is 0.505. The van der Waals surface area contributed by atoms with Gasteiger partial charge in [-0.2, -0.15) is 0 Å². The number of piperidine rings is 1. The van der Waals surface area contributed by atoms with Gasteiger partial charge in [-0.15, -0.1) is 0 Å². The van der Waals surface area contributed by atoms with E-state index in [0.717, 1.165) is 37.0 Å². The van der Waals surface area contributed by atoms with Gasteiger partial charge in [-0.1, -0.05) is 18.5 Å². The van der Waals surface area contributed by atoms with Crippen molar-refractivity contribution in [1.82, 2.24) is 10.1 Å². The van der Waals surface area contributed by atoms with Crippen molar-refractivity contribution in [3.05, 3.63) is 17.5 Å². The molecule has 0 aromatic carbocycles. The van der Waals surface area contributed by atoms with E-state index < -0.39 is 0 Å². The van der Waals surface area contributed by atoms with Crippen molar-refractivity contribution in [3.63, 3.8) is 0 Å². The average molecular weight is 237 g/mol. The monoisotopic (exact) mass is 237 g/mol. The molecule has 0 aliphatic carbocycles. The Morgan fingerprint density at radius 3 is 3.00 bits per heavy atom. The van der Waals surface area contributed by atoms with Crippen LogP contribution >= 0.6 is 0 Å². The molecule has 0 bridgehead atoms. The maximum Gasteiger partial charge on any atom is 0.133 e. The second kappa shape index (κ2) is 5.65. The fourth-order valence-electron chi connectivity index (χ4n) is 2.71. The minimum absolute atomic E-state index is 0.505. The first-order valence-electron chi connectivity index (χ1n) is 6.59. The minimum Gasteiger partial charge on any atom is -0.361 e. The number of hydrogen-bond donors (Lipinski definition) is 1. The lowest BCUT2D eigenvalue weighted by Crippen LogP contribution is -2.46. The quantitative estimate of drug-likeness (QED) is 0.869. The van der Waals surface area contributed by atoms with Gasteiger partial charge in [0.15, 0.2) is 0 Å². The molecule has 2 N–H and O–H groups in total. The largest absolute Gasteiger partial charge is 0.361 e. The molecule has 1 saturated heterocycles. The molecule has 1 aromatic heterocycles. The molecule has 2 atom stereocenters. The Bertz CT molecular complexity index is 350. The van der Waals surface area contributed by atoms with Crippen LogP contribution in [0.3, 0.4) is 0 Å². The Hall–Kier alpha value is -0.870. The van der Waals surface area contributed by atoms with Crippen LogP contribution in [0.15, 0.2) is 10.6 Å². The van der Waals surface area contributed by atoms with Gasteiger partial charge in [-0.3, -0.25) is 4.90 Å². The molecule has 4 heteroatoms. The summed E-state index contributed by atoms with van der Waals surface area (Å²) in [6, 6.07) is 2.52. The van der Waals surface area contributed by atoms with Gasteiger partial charge >= 0.3 is 0 Å². The standard InChI is InChI=1S/C13H23N3O/c1-3-11-4-5-16(13(7-11)8-14)9-12-6-10(2)17-15-12/h6,11,13H,3-5,7-9,14H2,1-2H3. The summed E-state index contributed by atoms with van der Waals surface area (Å²) in [5.41, 5.74) is 6.91. The Labute approximate surface area is 103 Å². The molecule has 0 saturated carbocycles. The third-order valence-corrected chi connectivity index (χ3v) is 3.84. The van der Waals surface area contributed by atoms with Crippen LogP contribution in [0.2, 0.25) is 0 Å². The smallest absolute Gasteiger partial charge is 0.133 e. The molecule has 1 aromatic rings. The number of rotatable bonds is 4. The zero-order chi connectivity index (χ0) is 12.3. The summed E-state index contributed by atoms with van der Waals surface area (Å²) in [5.74, 6) is 1.73. The number of nitrogens with zero attached hydrogens (tertiary/aromatic N) is 2. The van der Waals surface area contributed by atoms with Gasteiger partial charge in [0.05, 0.1) is 5.69 Å². The zero-order valence-corrected chi connectivity index (χ0v) is 10.9. The predicted molar refractivity (Wildman–Crippen MR) is 67.5 cm³/mol. The highest BCUT2D eigenvalue weighted by atomic mass is 16.5. The maximum atomic E-state index is 5.88. The molecule has 1 fully saturated rings. The van der Waals surface area contributed by atoms with E-state index in [4.69, 9.17) is 10.3 Å². The summed E-state index contributed by atoms with van der Waals surface area (Å²) >= 11 is 0. The molecular weight excluding hydrogens is 214 g/mol. The Balaban J connectivity index is 1.95. The fourth-order valence-corrected chi connectivity index (χ4v) is 2.71. The van der Waals surface area contributed by atoms with Gasteiger partial charge in [-0.05, 0) is 32.2 Å². The van der Waals surface area contributed by atoms with E-state index in [-0.39, 0.29) is 0 Å². The lowest BCUT2D eigenvalue weighted by atomic mass is 9.89. The fraction of sp³-hybridized carbons (Fsp3) is 0.769. The van der Waals surface area contributed by atoms with Crippen molar-refractivity contribution in [2.45, 2.75) is 45.7 Å². The first-order valence-corrected chi connectivity index (χ1v) is 6.59. The summed E-state index contributed by atoms with van der Waals surface area (Å²) in [6.45, 7) is 6.95. The predicted octanol–water partition coefficient (Wildman–Crippen LogP) is 1.93. The van der Waals surface area contributed by atoms with Crippen molar-refractivity contribution in [1.29, 1.82) is 0 Å². The maximum absolute atomic E-state index is 5.88. The molecule has 4 nitrogen and oxygen atoms in total. The molecule has 96 valence electrons. The van der Waals surface area contributed by atoms with Crippen molar-refractivity contribution < 1.29 is 4.52 Å². The van der Waals surface area contributed by atoms with E-state index in [1.165, 1.54) is 19.3 Å². The van der Waals surface area contributed by atoms with Gasteiger partial charge in [0.2, 0.25) is 0 Å². The van der Waals surface area contributed by atoms with E-state index in [9.17, 15) is 0 Å². The van der Waals surface area contributed by atoms with E-state index in [2.05, 4.69) is 17.0 Å². The van der Waals surface area contributed by atoms with Crippen molar-refractivity contribution in [3.8, 4) is 0 Å². The number of aromatic nitrogens is 1. The van der Waals surface area contributed by atoms with E-state index >= 15 is 0 Å². The number of likely N-dealkylation sites (tertiary alicyclic amines) is 1. The molecule has 2 unspecified atom stereocenters. The van der Waals surface area contributed by atoms with Crippen LogP contribution in [0.1, 0.15) is 37.6 Å². The third kappa shape index (κ3) is 3.07. The van der Waals surface area contributed by atoms with E-state index in [0.29, 0.717) is 6.04 Å². The lowest BCUT2D eigenvalue weighted by Gasteiger charge is -2.38. The summed E-state index contributed by atoms with van der Waals surface area (Å²) in [4.78, 5) is 2.45. The molecule has 2 rings (SSSR count). The second-order valence-electron chi connectivity index (χ2n) is 5.09. The Morgan fingerprint density at radius 1 is 1.59 bits per heavy atom. The van der Waals surface area contributed by atoms with Gasteiger partial charge in [0.1, 0.15) is 5.76 Å². The van der Waals surface area contributed by atoms with Gasteiger partial charge in [0.25, 0.3) is 0 Å². The Kier molecular flexibility index (Phi) is 4.18. The summed E-state index contributed by atoms with van der Waals surface area (Å²) in [7, 11) is 0. The van der Waals surface area contributed by atoms with Crippen LogP contribution < -0.4 is 5.73 Å². The highest BCUT2D eigenvalue weighted by Crippen LogP contribution is 2.26. The van der Waals surface area contributed by atoms with Gasteiger partial charge in [0, 0.05) is 25.2 Å². The summed E-state index contributed by atoms with van der Waals surface area (Å²) < 4.78 is 5.11. The topological polar surface area (TPSA) is 55.3 Å². The van der Waals surface area contributed by atoms with Gasteiger partial charge < -0.3 is 10.3 Å². The second-order valence-corrected chi connectivity index (χ2v) is 5.09. The normalized spacial score (nSPS) is 26.3. The van der Waals surface area contributed by atoms with Crippen molar-refractivity contribution in [2.75, 3.05) is 13.1 Å². The van der Waals surface area contributed by atoms with Crippen LogP contribution in [0.25, 0.3) is 0 Å². The van der Waals surface area contributed by atoms with Crippen molar-refractivity contribution in [2.24, 2.45) is 11.7 Å². The third-order valence-electron chi connectivity index (χ3n) is 3.84. The SMILES string of the molecule is CCC1CCN(Cc2cc(C)on2)C(CN)C1. The number of aryl methyl sites for hydroxylation is 1. The van der Waals surface area contributed by atoms with Crippen LogP contribution in [-0.2, 0) is 6.54 Å². The van der Waals surface area contributed by atoms with E-state index in [1.807, 2.05) is 13.0 Å². The number of hydrogen-bond acceptors (Lipinski definition) is 4. The zero-order valence-electron chi connectivity index (χ0n) is 10.9. The summed E-state index contributed by atoms with van der Waals surface area (Å²) in [5, 5.41) is 4.06. The highest BCUT2D eigenvalue weighted by Gasteiger charge is 2.27. The number of nitrogens with two attached hydrogens (primary N) is 1. The summed E-state index contributed by atoms with van der Waals surface area (Å²) in [6.07, 6.45) is 3.78. The van der Waals surface area contributed by atoms with Crippen LogP contribution in [-0.4, -0.2) is 29.2 Å². The molecule has 17 heavy (non-hydrogen) atoms. The average Bonchev–Trinajstić information content (AvgIpc) is 2.75.